The number of carbonyl (C=O) groups excluding carboxylic acids is 1. The molecule has 3 N–H and O–H groups in total. The Morgan fingerprint density at radius 2 is 1.94 bits per heavy atom. The largest absolute Gasteiger partial charge is 0.460 e. The molecule has 1 unspecified atom stereocenters. The number of hydrogen-bond acceptors (Lipinski definition) is 7. The zero-order chi connectivity index (χ0) is 21.9. The van der Waals surface area contributed by atoms with Gasteiger partial charge in [-0.3, -0.25) is 9.69 Å². The highest BCUT2D eigenvalue weighted by atomic mass is 16.5. The summed E-state index contributed by atoms with van der Waals surface area (Å²) in [7, 11) is 0. The van der Waals surface area contributed by atoms with Crippen molar-refractivity contribution in [3.8, 4) is 6.01 Å². The van der Waals surface area contributed by atoms with Crippen LogP contribution in [0.15, 0.2) is 23.8 Å². The predicted molar refractivity (Wildman–Crippen MR) is 126 cm³/mol. The van der Waals surface area contributed by atoms with E-state index in [4.69, 9.17) is 15.5 Å². The highest BCUT2D eigenvalue weighted by molar-refractivity contribution is 5.98. The maximum Gasteiger partial charge on any atom is 0.320 e. The number of allylic oxidation sites excluding steroid dienone is 1. The number of rotatable bonds is 6. The van der Waals surface area contributed by atoms with E-state index in [9.17, 15) is 4.79 Å². The summed E-state index contributed by atoms with van der Waals surface area (Å²) in [5.41, 5.74) is 8.16. The van der Waals surface area contributed by atoms with Gasteiger partial charge in [0.2, 0.25) is 5.91 Å². The number of fused-ring (bicyclic) bond motifs is 1. The van der Waals surface area contributed by atoms with E-state index >= 15 is 0 Å². The van der Waals surface area contributed by atoms with Crippen LogP contribution in [0.4, 0.5) is 17.3 Å². The van der Waals surface area contributed by atoms with Gasteiger partial charge in [-0.15, -0.1) is 0 Å². The van der Waals surface area contributed by atoms with E-state index < -0.39 is 0 Å². The highest BCUT2D eigenvalue weighted by Gasteiger charge is 2.28. The summed E-state index contributed by atoms with van der Waals surface area (Å²) in [4.78, 5) is 26.1. The van der Waals surface area contributed by atoms with E-state index in [2.05, 4.69) is 38.3 Å². The normalized spacial score (nSPS) is 24.2. The summed E-state index contributed by atoms with van der Waals surface area (Å²) in [6, 6.07) is 0.322. The molecule has 8 nitrogen and oxygen atoms in total. The van der Waals surface area contributed by atoms with Crippen LogP contribution in [0.1, 0.15) is 51.4 Å². The Balaban J connectivity index is 1.35. The molecule has 8 heteroatoms. The Hall–Kier alpha value is -2.61. The lowest BCUT2D eigenvalue weighted by Crippen LogP contribution is -2.32. The van der Waals surface area contributed by atoms with Crippen LogP contribution in [0.3, 0.4) is 0 Å². The lowest BCUT2D eigenvalue weighted by atomic mass is 9.95. The molecule has 0 bridgehead atoms. The van der Waals surface area contributed by atoms with Gasteiger partial charge in [-0.1, -0.05) is 18.2 Å². The predicted octanol–water partition coefficient (Wildman–Crippen LogP) is 3.13. The second kappa shape index (κ2) is 9.48. The minimum atomic E-state index is -0.0534. The van der Waals surface area contributed by atoms with Crippen molar-refractivity contribution in [1.82, 2.24) is 14.9 Å². The van der Waals surface area contributed by atoms with E-state index in [0.29, 0.717) is 36.4 Å². The number of likely N-dealkylation sites (tertiary alicyclic amines) is 1. The van der Waals surface area contributed by atoms with Gasteiger partial charge < -0.3 is 20.7 Å². The number of ether oxygens (including phenoxy) is 1. The molecule has 1 amide bonds. The molecule has 0 spiro atoms. The van der Waals surface area contributed by atoms with Crippen LogP contribution in [0.5, 0.6) is 6.01 Å². The van der Waals surface area contributed by atoms with Crippen molar-refractivity contribution in [3.63, 3.8) is 0 Å². The van der Waals surface area contributed by atoms with Crippen LogP contribution in [-0.2, 0) is 4.79 Å². The first-order chi connectivity index (χ1) is 15.6. The van der Waals surface area contributed by atoms with Gasteiger partial charge >= 0.3 is 6.01 Å². The van der Waals surface area contributed by atoms with Crippen molar-refractivity contribution < 1.29 is 9.53 Å². The van der Waals surface area contributed by atoms with Gasteiger partial charge in [0, 0.05) is 26.1 Å². The third-order valence-corrected chi connectivity index (χ3v) is 6.92. The van der Waals surface area contributed by atoms with Crippen LogP contribution in [0.2, 0.25) is 0 Å². The standard InChI is InChI=1S/C24H34N6O2/c25-22-21-23(28-24(27-22)32-19-8-1-2-9-19)30(13-10-20(31)26-21)16-18-7-5-6-17(14-18)15-29-11-3-4-12-29/h5-6,14,18-19H,1-4,7-13,15-16H2,(H,26,31)(H2,25,27,28). The monoisotopic (exact) mass is 438 g/mol. The van der Waals surface area contributed by atoms with Crippen molar-refractivity contribution in [2.24, 2.45) is 5.92 Å². The maximum atomic E-state index is 12.3. The molecule has 2 aliphatic carbocycles. The van der Waals surface area contributed by atoms with Gasteiger partial charge in [0.25, 0.3) is 0 Å². The summed E-state index contributed by atoms with van der Waals surface area (Å²) in [6.45, 7) is 4.81. The smallest absolute Gasteiger partial charge is 0.320 e. The average Bonchev–Trinajstić information content (AvgIpc) is 3.45. The number of nitrogens with two attached hydrogens (primary N) is 1. The van der Waals surface area contributed by atoms with Crippen LogP contribution in [-0.4, -0.2) is 59.6 Å². The quantitative estimate of drug-likeness (QED) is 0.704. The number of hydrogen-bond donors (Lipinski definition) is 2. The summed E-state index contributed by atoms with van der Waals surface area (Å²) in [6.07, 6.45) is 15.5. The Morgan fingerprint density at radius 3 is 2.75 bits per heavy atom. The number of nitrogens with zero attached hydrogens (tertiary/aromatic N) is 4. The molecule has 2 aliphatic heterocycles. The second-order valence-corrected chi connectivity index (χ2v) is 9.48. The van der Waals surface area contributed by atoms with Crippen molar-refractivity contribution in [1.29, 1.82) is 0 Å². The Bertz CT molecular complexity index is 902. The number of nitrogens with one attached hydrogen (secondary N) is 1. The highest BCUT2D eigenvalue weighted by Crippen LogP contribution is 2.35. The molecule has 1 saturated heterocycles. The van der Waals surface area contributed by atoms with Crippen molar-refractivity contribution in [3.05, 3.63) is 23.8 Å². The van der Waals surface area contributed by atoms with E-state index in [1.165, 1.54) is 44.3 Å². The molecule has 4 aliphatic rings. The zero-order valence-electron chi connectivity index (χ0n) is 18.8. The summed E-state index contributed by atoms with van der Waals surface area (Å²) >= 11 is 0. The maximum absolute atomic E-state index is 12.3. The first kappa shape index (κ1) is 21.2. The average molecular weight is 439 g/mol. The molecule has 0 radical (unpaired) electrons. The fraction of sp³-hybridized carbons (Fsp3) is 0.625. The van der Waals surface area contributed by atoms with Crippen LogP contribution in [0, 0.1) is 5.92 Å². The molecule has 2 fully saturated rings. The number of carbonyl (C=O) groups is 1. The van der Waals surface area contributed by atoms with Crippen LogP contribution in [0.25, 0.3) is 0 Å². The molecule has 1 atom stereocenters. The second-order valence-electron chi connectivity index (χ2n) is 9.48. The Kier molecular flexibility index (Phi) is 6.30. The third-order valence-electron chi connectivity index (χ3n) is 6.92. The van der Waals surface area contributed by atoms with Crippen LogP contribution < -0.4 is 20.7 Å². The minimum absolute atomic E-state index is 0.0534. The third kappa shape index (κ3) is 4.90. The molecule has 172 valence electrons. The van der Waals surface area contributed by atoms with Crippen molar-refractivity contribution in [2.45, 2.75) is 57.5 Å². The fourth-order valence-corrected chi connectivity index (χ4v) is 5.26. The molecule has 0 aromatic carbocycles. The lowest BCUT2D eigenvalue weighted by Gasteiger charge is -2.29. The van der Waals surface area contributed by atoms with E-state index in [0.717, 1.165) is 32.4 Å². The van der Waals surface area contributed by atoms with Gasteiger partial charge in [0.1, 0.15) is 11.8 Å². The molecule has 1 saturated carbocycles. The summed E-state index contributed by atoms with van der Waals surface area (Å²) in [5.74, 6) is 1.27. The van der Waals surface area contributed by atoms with Crippen molar-refractivity contribution >= 4 is 23.2 Å². The fourth-order valence-electron chi connectivity index (χ4n) is 5.26. The first-order valence-corrected chi connectivity index (χ1v) is 12.1. The summed E-state index contributed by atoms with van der Waals surface area (Å²) in [5, 5.41) is 2.91. The Morgan fingerprint density at radius 1 is 1.12 bits per heavy atom. The van der Waals surface area contributed by atoms with Gasteiger partial charge in [-0.2, -0.15) is 9.97 Å². The van der Waals surface area contributed by atoms with Gasteiger partial charge in [-0.25, -0.2) is 0 Å². The number of amides is 1. The molecular weight excluding hydrogens is 404 g/mol. The number of anilines is 3. The van der Waals surface area contributed by atoms with Crippen LogP contribution >= 0.6 is 0 Å². The molecule has 3 heterocycles. The van der Waals surface area contributed by atoms with Crippen molar-refractivity contribution in [2.75, 3.05) is 48.7 Å². The number of aromatic nitrogens is 2. The summed E-state index contributed by atoms with van der Waals surface area (Å²) < 4.78 is 6.05. The van der Waals surface area contributed by atoms with E-state index in [1.54, 1.807) is 0 Å². The number of nitrogen functional groups attached to an aromatic ring is 1. The molecule has 1 aromatic rings. The minimum Gasteiger partial charge on any atom is -0.460 e. The first-order valence-electron chi connectivity index (χ1n) is 12.1. The van der Waals surface area contributed by atoms with Gasteiger partial charge in [0.05, 0.1) is 0 Å². The molecule has 5 rings (SSSR count). The van der Waals surface area contributed by atoms with Gasteiger partial charge in [0.15, 0.2) is 11.6 Å². The van der Waals surface area contributed by atoms with Gasteiger partial charge in [-0.05, 0) is 69.5 Å². The van der Waals surface area contributed by atoms with E-state index in [-0.39, 0.29) is 17.8 Å². The molecule has 32 heavy (non-hydrogen) atoms. The molecular formula is C24H34N6O2. The van der Waals surface area contributed by atoms with E-state index in [1.807, 2.05) is 0 Å². The topological polar surface area (TPSA) is 96.6 Å². The Labute approximate surface area is 189 Å². The zero-order valence-corrected chi connectivity index (χ0v) is 18.8. The SMILES string of the molecule is Nc1nc(OC2CCCC2)nc2c1NC(=O)CCN2CC1C=C(CN2CCCC2)C=CC1. The molecule has 1 aromatic heterocycles. The lowest BCUT2D eigenvalue weighted by molar-refractivity contribution is -0.115.